The average Bonchev–Trinajstić information content (AvgIpc) is 3.35. The quantitative estimate of drug-likeness (QED) is 0.641. The second-order valence-corrected chi connectivity index (χ2v) is 5.89. The molecule has 1 aromatic rings. The summed E-state index contributed by atoms with van der Waals surface area (Å²) in [6.07, 6.45) is 6.30. The second-order valence-electron chi connectivity index (χ2n) is 5.89. The van der Waals surface area contributed by atoms with Crippen LogP contribution in [0.1, 0.15) is 48.5 Å². The molecule has 0 aromatic heterocycles. The summed E-state index contributed by atoms with van der Waals surface area (Å²) in [6.45, 7) is 2.25. The molecule has 0 saturated heterocycles. The van der Waals surface area contributed by atoms with Crippen molar-refractivity contribution >= 4 is 17.9 Å². The van der Waals surface area contributed by atoms with E-state index in [9.17, 15) is 14.7 Å². The van der Waals surface area contributed by atoms with E-state index < -0.39 is 6.10 Å². The maximum absolute atomic E-state index is 11.9. The molecule has 23 heavy (non-hydrogen) atoms. The number of aliphatic hydroxyl groups excluding tert-OH is 1. The molecule has 2 rings (SSSR count). The van der Waals surface area contributed by atoms with Crippen LogP contribution in [0.3, 0.4) is 0 Å². The van der Waals surface area contributed by atoms with Gasteiger partial charge in [0.25, 0.3) is 5.91 Å². The van der Waals surface area contributed by atoms with Crippen LogP contribution >= 0.6 is 0 Å². The lowest BCUT2D eigenvalue weighted by atomic mass is 10.1. The van der Waals surface area contributed by atoms with Crippen LogP contribution in [0.4, 0.5) is 0 Å². The third kappa shape index (κ3) is 6.24. The molecule has 1 atom stereocenters. The number of benzene rings is 1. The SMILES string of the molecule is CCCC(O)CNC(=O)/C=C/c1ccc(C(=O)NC2CC2)cc1. The van der Waals surface area contributed by atoms with Gasteiger partial charge in [0.05, 0.1) is 6.10 Å². The maximum Gasteiger partial charge on any atom is 0.251 e. The highest BCUT2D eigenvalue weighted by molar-refractivity contribution is 5.95. The summed E-state index contributed by atoms with van der Waals surface area (Å²) < 4.78 is 0. The molecule has 124 valence electrons. The Hall–Kier alpha value is -2.14. The van der Waals surface area contributed by atoms with Crippen molar-refractivity contribution in [2.24, 2.45) is 0 Å². The summed E-state index contributed by atoms with van der Waals surface area (Å²) in [4.78, 5) is 23.5. The molecule has 0 spiro atoms. The van der Waals surface area contributed by atoms with E-state index in [1.165, 1.54) is 6.08 Å². The summed E-state index contributed by atoms with van der Waals surface area (Å²) in [5.41, 5.74) is 1.47. The number of carbonyl (C=O) groups is 2. The Morgan fingerprint density at radius 3 is 2.61 bits per heavy atom. The smallest absolute Gasteiger partial charge is 0.251 e. The molecule has 1 aliphatic rings. The topological polar surface area (TPSA) is 78.4 Å². The van der Waals surface area contributed by atoms with E-state index in [0.29, 0.717) is 18.0 Å². The molecular weight excluding hydrogens is 292 g/mol. The van der Waals surface area contributed by atoms with Gasteiger partial charge in [-0.2, -0.15) is 0 Å². The lowest BCUT2D eigenvalue weighted by molar-refractivity contribution is -0.116. The van der Waals surface area contributed by atoms with Gasteiger partial charge in [-0.3, -0.25) is 9.59 Å². The van der Waals surface area contributed by atoms with Crippen molar-refractivity contribution in [1.29, 1.82) is 0 Å². The number of amides is 2. The molecule has 3 N–H and O–H groups in total. The van der Waals surface area contributed by atoms with E-state index >= 15 is 0 Å². The van der Waals surface area contributed by atoms with Crippen molar-refractivity contribution in [2.75, 3.05) is 6.54 Å². The van der Waals surface area contributed by atoms with Crippen molar-refractivity contribution in [3.63, 3.8) is 0 Å². The van der Waals surface area contributed by atoms with Gasteiger partial charge in [0.1, 0.15) is 0 Å². The molecule has 5 nitrogen and oxygen atoms in total. The standard InChI is InChI=1S/C18H24N2O3/c1-2-3-16(21)12-19-17(22)11-6-13-4-7-14(8-5-13)18(23)20-15-9-10-15/h4-8,11,15-16,21H,2-3,9-10,12H2,1H3,(H,19,22)(H,20,23)/b11-6+. The zero-order chi connectivity index (χ0) is 16.7. The maximum atomic E-state index is 11.9. The van der Waals surface area contributed by atoms with Gasteiger partial charge < -0.3 is 15.7 Å². The van der Waals surface area contributed by atoms with E-state index in [0.717, 1.165) is 24.8 Å². The van der Waals surface area contributed by atoms with Crippen LogP contribution in [0.5, 0.6) is 0 Å². The van der Waals surface area contributed by atoms with Crippen LogP contribution in [-0.2, 0) is 4.79 Å². The minimum absolute atomic E-state index is 0.0503. The third-order valence-corrected chi connectivity index (χ3v) is 3.65. The molecule has 0 radical (unpaired) electrons. The van der Waals surface area contributed by atoms with Gasteiger partial charge in [-0.05, 0) is 43.0 Å². The molecular formula is C18H24N2O3. The Morgan fingerprint density at radius 1 is 1.30 bits per heavy atom. The Bertz CT molecular complexity index is 562. The summed E-state index contributed by atoms with van der Waals surface area (Å²) in [6, 6.07) is 7.45. The van der Waals surface area contributed by atoms with Crippen molar-refractivity contribution in [3.05, 3.63) is 41.5 Å². The molecule has 0 bridgehead atoms. The van der Waals surface area contributed by atoms with E-state index in [1.807, 2.05) is 6.92 Å². The highest BCUT2D eigenvalue weighted by Gasteiger charge is 2.23. The third-order valence-electron chi connectivity index (χ3n) is 3.65. The molecule has 1 saturated carbocycles. The fourth-order valence-corrected chi connectivity index (χ4v) is 2.13. The lowest BCUT2D eigenvalue weighted by Crippen LogP contribution is -2.30. The van der Waals surface area contributed by atoms with Crippen LogP contribution in [0.2, 0.25) is 0 Å². The van der Waals surface area contributed by atoms with Crippen LogP contribution in [-0.4, -0.2) is 35.6 Å². The van der Waals surface area contributed by atoms with Crippen LogP contribution in [0.25, 0.3) is 6.08 Å². The molecule has 1 aromatic carbocycles. The van der Waals surface area contributed by atoms with Crippen LogP contribution < -0.4 is 10.6 Å². The Morgan fingerprint density at radius 2 is 2.00 bits per heavy atom. The fourth-order valence-electron chi connectivity index (χ4n) is 2.13. The lowest BCUT2D eigenvalue weighted by Gasteiger charge is -2.08. The van der Waals surface area contributed by atoms with Crippen molar-refractivity contribution in [3.8, 4) is 0 Å². The van der Waals surface area contributed by atoms with Crippen LogP contribution in [0, 0.1) is 0 Å². The summed E-state index contributed by atoms with van der Waals surface area (Å²) in [7, 11) is 0. The predicted molar refractivity (Wildman–Crippen MR) is 89.9 cm³/mol. The van der Waals surface area contributed by atoms with Crippen molar-refractivity contribution < 1.29 is 14.7 Å². The first-order chi connectivity index (χ1) is 11.1. The first kappa shape index (κ1) is 17.2. The van der Waals surface area contributed by atoms with Gasteiger partial charge >= 0.3 is 0 Å². The number of aliphatic hydroxyl groups is 1. The predicted octanol–water partition coefficient (Wildman–Crippen LogP) is 1.87. The molecule has 0 aliphatic heterocycles. The summed E-state index contributed by atoms with van der Waals surface area (Å²) >= 11 is 0. The highest BCUT2D eigenvalue weighted by Crippen LogP contribution is 2.19. The number of hydrogen-bond acceptors (Lipinski definition) is 3. The van der Waals surface area contributed by atoms with E-state index in [4.69, 9.17) is 0 Å². The summed E-state index contributed by atoms with van der Waals surface area (Å²) in [5, 5.41) is 15.1. The van der Waals surface area contributed by atoms with Gasteiger partial charge in [-0.1, -0.05) is 25.5 Å². The monoisotopic (exact) mass is 316 g/mol. The van der Waals surface area contributed by atoms with Gasteiger partial charge in [-0.25, -0.2) is 0 Å². The average molecular weight is 316 g/mol. The molecule has 1 aliphatic carbocycles. The largest absolute Gasteiger partial charge is 0.391 e. The van der Waals surface area contributed by atoms with E-state index in [2.05, 4.69) is 10.6 Å². The molecule has 1 unspecified atom stereocenters. The highest BCUT2D eigenvalue weighted by atomic mass is 16.3. The van der Waals surface area contributed by atoms with Gasteiger partial charge in [0, 0.05) is 24.2 Å². The molecule has 5 heteroatoms. The Kier molecular flexibility index (Phi) is 6.35. The minimum Gasteiger partial charge on any atom is -0.391 e. The second kappa shape index (κ2) is 8.48. The Balaban J connectivity index is 1.79. The Labute approximate surface area is 136 Å². The first-order valence-electron chi connectivity index (χ1n) is 8.13. The number of carbonyl (C=O) groups excluding carboxylic acids is 2. The van der Waals surface area contributed by atoms with E-state index in [1.54, 1.807) is 30.3 Å². The first-order valence-corrected chi connectivity index (χ1v) is 8.13. The van der Waals surface area contributed by atoms with Gasteiger partial charge in [-0.15, -0.1) is 0 Å². The van der Waals surface area contributed by atoms with Crippen molar-refractivity contribution in [1.82, 2.24) is 10.6 Å². The molecule has 1 fully saturated rings. The zero-order valence-corrected chi connectivity index (χ0v) is 13.4. The van der Waals surface area contributed by atoms with Crippen molar-refractivity contribution in [2.45, 2.75) is 44.8 Å². The molecule has 0 heterocycles. The van der Waals surface area contributed by atoms with E-state index in [-0.39, 0.29) is 18.4 Å². The van der Waals surface area contributed by atoms with Gasteiger partial charge in [0.2, 0.25) is 5.91 Å². The number of hydrogen-bond donors (Lipinski definition) is 3. The molecule has 2 amide bonds. The zero-order valence-electron chi connectivity index (χ0n) is 13.4. The van der Waals surface area contributed by atoms with Gasteiger partial charge in [0.15, 0.2) is 0 Å². The normalized spacial score (nSPS) is 15.4. The van der Waals surface area contributed by atoms with Crippen LogP contribution in [0.15, 0.2) is 30.3 Å². The summed E-state index contributed by atoms with van der Waals surface area (Å²) in [5.74, 6) is -0.290. The number of rotatable bonds is 8. The fraction of sp³-hybridized carbons (Fsp3) is 0.444. The number of nitrogens with one attached hydrogen (secondary N) is 2. The minimum atomic E-state index is -0.499.